The van der Waals surface area contributed by atoms with Gasteiger partial charge in [-0.2, -0.15) is 0 Å². The van der Waals surface area contributed by atoms with Gasteiger partial charge in [0.15, 0.2) is 9.84 Å². The highest BCUT2D eigenvalue weighted by Crippen LogP contribution is 2.25. The standard InChI is InChI=1S/C17H24N2O3S/c20-17(13-23(21,22)16-8-4-5-9-16)18-14-10-11-19(12-14)15-6-2-1-3-7-15/h1-3,6-7,14,16H,4-5,8-13H2,(H,18,20)/t14-/m0/s1. The molecule has 0 bridgehead atoms. The quantitative estimate of drug-likeness (QED) is 0.889. The average molecular weight is 336 g/mol. The summed E-state index contributed by atoms with van der Waals surface area (Å²) in [6, 6.07) is 10.1. The molecule has 1 aromatic carbocycles. The number of benzene rings is 1. The van der Waals surface area contributed by atoms with E-state index in [1.807, 2.05) is 18.2 Å². The number of sulfone groups is 1. The van der Waals surface area contributed by atoms with Crippen LogP contribution in [0, 0.1) is 0 Å². The van der Waals surface area contributed by atoms with Gasteiger partial charge in [0.2, 0.25) is 5.91 Å². The van der Waals surface area contributed by atoms with Crippen LogP contribution in [-0.4, -0.2) is 44.5 Å². The van der Waals surface area contributed by atoms with Gasteiger partial charge in [-0.15, -0.1) is 0 Å². The van der Waals surface area contributed by atoms with Crippen molar-refractivity contribution in [1.82, 2.24) is 5.32 Å². The smallest absolute Gasteiger partial charge is 0.235 e. The Morgan fingerprint density at radius 2 is 1.83 bits per heavy atom. The van der Waals surface area contributed by atoms with E-state index in [9.17, 15) is 13.2 Å². The maximum absolute atomic E-state index is 12.2. The minimum Gasteiger partial charge on any atom is -0.369 e. The van der Waals surface area contributed by atoms with Crippen LogP contribution in [0.1, 0.15) is 32.1 Å². The molecule has 1 saturated carbocycles. The Morgan fingerprint density at radius 3 is 2.52 bits per heavy atom. The molecule has 0 aromatic heterocycles. The predicted molar refractivity (Wildman–Crippen MR) is 91.2 cm³/mol. The summed E-state index contributed by atoms with van der Waals surface area (Å²) in [5.74, 6) is -0.712. The summed E-state index contributed by atoms with van der Waals surface area (Å²) in [4.78, 5) is 14.3. The maximum Gasteiger partial charge on any atom is 0.235 e. The Balaban J connectivity index is 1.51. The van der Waals surface area contributed by atoms with Gasteiger partial charge >= 0.3 is 0 Å². The summed E-state index contributed by atoms with van der Waals surface area (Å²) in [7, 11) is -3.29. The second-order valence-corrected chi connectivity index (χ2v) is 8.83. The first-order valence-corrected chi connectivity index (χ1v) is 10.1. The molecular weight excluding hydrogens is 312 g/mol. The summed E-state index contributed by atoms with van der Waals surface area (Å²) < 4.78 is 24.5. The van der Waals surface area contributed by atoms with Crippen LogP contribution < -0.4 is 10.2 Å². The van der Waals surface area contributed by atoms with Crippen molar-refractivity contribution in [2.24, 2.45) is 0 Å². The first kappa shape index (κ1) is 16.3. The maximum atomic E-state index is 12.2. The normalized spacial score (nSPS) is 22.4. The molecule has 5 nitrogen and oxygen atoms in total. The lowest BCUT2D eigenvalue weighted by molar-refractivity contribution is -0.119. The number of amides is 1. The van der Waals surface area contributed by atoms with Gasteiger partial charge in [0.1, 0.15) is 5.75 Å². The highest BCUT2D eigenvalue weighted by atomic mass is 32.2. The summed E-state index contributed by atoms with van der Waals surface area (Å²) in [5, 5.41) is 2.59. The Morgan fingerprint density at radius 1 is 1.13 bits per heavy atom. The van der Waals surface area contributed by atoms with Crippen LogP contribution in [-0.2, 0) is 14.6 Å². The zero-order valence-corrected chi connectivity index (χ0v) is 14.1. The molecule has 126 valence electrons. The second-order valence-electron chi connectivity index (χ2n) is 6.55. The van der Waals surface area contributed by atoms with Crippen LogP contribution in [0.15, 0.2) is 30.3 Å². The average Bonchev–Trinajstić information content (AvgIpc) is 3.19. The van der Waals surface area contributed by atoms with E-state index in [1.165, 1.54) is 0 Å². The summed E-state index contributed by atoms with van der Waals surface area (Å²) in [6.07, 6.45) is 4.19. The van der Waals surface area contributed by atoms with E-state index in [4.69, 9.17) is 0 Å². The summed E-state index contributed by atoms with van der Waals surface area (Å²) in [6.45, 7) is 1.61. The molecule has 23 heavy (non-hydrogen) atoms. The molecule has 0 spiro atoms. The molecule has 1 aromatic rings. The van der Waals surface area contributed by atoms with Gasteiger partial charge < -0.3 is 10.2 Å². The third-order valence-corrected chi connectivity index (χ3v) is 6.97. The number of hydrogen-bond donors (Lipinski definition) is 1. The first-order valence-electron chi connectivity index (χ1n) is 8.35. The lowest BCUT2D eigenvalue weighted by atomic mass is 10.2. The van der Waals surface area contributed by atoms with Crippen molar-refractivity contribution in [2.45, 2.75) is 43.4 Å². The number of rotatable bonds is 5. The SMILES string of the molecule is O=C(CS(=O)(=O)C1CCCC1)N[C@H]1CCN(c2ccccc2)C1. The van der Waals surface area contributed by atoms with E-state index >= 15 is 0 Å². The van der Waals surface area contributed by atoms with E-state index in [0.717, 1.165) is 38.0 Å². The zero-order valence-electron chi connectivity index (χ0n) is 13.3. The molecule has 1 aliphatic carbocycles. The predicted octanol–water partition coefficient (Wildman–Crippen LogP) is 1.74. The van der Waals surface area contributed by atoms with Crippen LogP contribution in [0.25, 0.3) is 0 Å². The number of hydrogen-bond acceptors (Lipinski definition) is 4. The van der Waals surface area contributed by atoms with Gasteiger partial charge in [0, 0.05) is 24.8 Å². The fourth-order valence-electron chi connectivity index (χ4n) is 3.57. The van der Waals surface area contributed by atoms with Gasteiger partial charge in [-0.05, 0) is 31.4 Å². The van der Waals surface area contributed by atoms with E-state index in [1.54, 1.807) is 0 Å². The Hall–Kier alpha value is -1.56. The third-order valence-electron chi connectivity index (χ3n) is 4.82. The molecule has 2 aliphatic rings. The molecule has 1 saturated heterocycles. The zero-order chi connectivity index (χ0) is 16.3. The van der Waals surface area contributed by atoms with Gasteiger partial charge in [-0.1, -0.05) is 31.0 Å². The number of nitrogens with one attached hydrogen (secondary N) is 1. The summed E-state index contributed by atoms with van der Waals surface area (Å²) in [5.41, 5.74) is 1.14. The Bertz CT molecular complexity index is 639. The topological polar surface area (TPSA) is 66.5 Å². The number of carbonyl (C=O) groups excluding carboxylic acids is 1. The van der Waals surface area contributed by atoms with Crippen molar-refractivity contribution in [3.8, 4) is 0 Å². The van der Waals surface area contributed by atoms with Crippen LogP contribution in [0.5, 0.6) is 0 Å². The molecule has 1 N–H and O–H groups in total. The van der Waals surface area contributed by atoms with E-state index in [-0.39, 0.29) is 23.0 Å². The number of anilines is 1. The summed E-state index contributed by atoms with van der Waals surface area (Å²) >= 11 is 0. The fourth-order valence-corrected chi connectivity index (χ4v) is 5.30. The van der Waals surface area contributed by atoms with E-state index in [0.29, 0.717) is 12.8 Å². The van der Waals surface area contributed by atoms with Crippen molar-refractivity contribution in [3.05, 3.63) is 30.3 Å². The minimum absolute atomic E-state index is 0.0292. The Labute approximate surface area is 138 Å². The third kappa shape index (κ3) is 4.05. The van der Waals surface area contributed by atoms with Gasteiger partial charge in [-0.25, -0.2) is 8.42 Å². The molecule has 1 amide bonds. The highest BCUT2D eigenvalue weighted by molar-refractivity contribution is 7.92. The molecule has 1 aliphatic heterocycles. The van der Waals surface area contributed by atoms with Crippen molar-refractivity contribution in [1.29, 1.82) is 0 Å². The molecule has 6 heteroatoms. The van der Waals surface area contributed by atoms with Gasteiger partial charge in [-0.3, -0.25) is 4.79 Å². The van der Waals surface area contributed by atoms with Crippen molar-refractivity contribution >= 4 is 21.4 Å². The van der Waals surface area contributed by atoms with E-state index < -0.39 is 9.84 Å². The molecular formula is C17H24N2O3S. The molecule has 1 heterocycles. The van der Waals surface area contributed by atoms with Gasteiger partial charge in [0.05, 0.1) is 5.25 Å². The fraction of sp³-hybridized carbons (Fsp3) is 0.588. The lowest BCUT2D eigenvalue weighted by Gasteiger charge is -2.19. The number of carbonyl (C=O) groups is 1. The lowest BCUT2D eigenvalue weighted by Crippen LogP contribution is -2.41. The van der Waals surface area contributed by atoms with Crippen molar-refractivity contribution < 1.29 is 13.2 Å². The molecule has 0 unspecified atom stereocenters. The van der Waals surface area contributed by atoms with Crippen LogP contribution in [0.3, 0.4) is 0 Å². The molecule has 3 rings (SSSR count). The van der Waals surface area contributed by atoms with Gasteiger partial charge in [0.25, 0.3) is 0 Å². The number of nitrogens with zero attached hydrogens (tertiary/aromatic N) is 1. The van der Waals surface area contributed by atoms with E-state index in [2.05, 4.69) is 22.3 Å². The van der Waals surface area contributed by atoms with Crippen LogP contribution in [0.4, 0.5) is 5.69 Å². The first-order chi connectivity index (χ1) is 11.0. The molecule has 2 fully saturated rings. The van der Waals surface area contributed by atoms with Crippen molar-refractivity contribution in [3.63, 3.8) is 0 Å². The molecule has 0 radical (unpaired) electrons. The molecule has 1 atom stereocenters. The highest BCUT2D eigenvalue weighted by Gasteiger charge is 2.32. The number of para-hydroxylation sites is 1. The van der Waals surface area contributed by atoms with Crippen LogP contribution >= 0.6 is 0 Å². The van der Waals surface area contributed by atoms with Crippen molar-refractivity contribution in [2.75, 3.05) is 23.7 Å². The second kappa shape index (κ2) is 6.91. The largest absolute Gasteiger partial charge is 0.369 e. The monoisotopic (exact) mass is 336 g/mol. The Kier molecular flexibility index (Phi) is 4.90. The minimum atomic E-state index is -3.29. The van der Waals surface area contributed by atoms with Crippen LogP contribution in [0.2, 0.25) is 0 Å².